The molecule has 0 atom stereocenters. The summed E-state index contributed by atoms with van der Waals surface area (Å²) in [6, 6.07) is 0. The molecule has 0 aliphatic carbocycles. The average molecular weight is 213 g/mol. The lowest BCUT2D eigenvalue weighted by atomic mass is 9.99. The summed E-state index contributed by atoms with van der Waals surface area (Å²) in [5.74, 6) is 3.08. The lowest BCUT2D eigenvalue weighted by Crippen LogP contribution is -1.98. The molecule has 0 radical (unpaired) electrons. The molecule has 3 nitrogen and oxygen atoms in total. The fraction of sp³-hybridized carbons (Fsp3) is 0.500. The second-order valence-electron chi connectivity index (χ2n) is 3.49. The maximum absolute atomic E-state index is 5.42. The third-order valence-corrected chi connectivity index (χ3v) is 2.22. The van der Waals surface area contributed by atoms with Crippen molar-refractivity contribution in [3.8, 4) is 11.2 Å². The molecule has 1 aromatic rings. The van der Waals surface area contributed by atoms with Gasteiger partial charge in [0.25, 0.3) is 0 Å². The van der Waals surface area contributed by atoms with Gasteiger partial charge in [-0.15, -0.1) is 0 Å². The Morgan fingerprint density at radius 1 is 1.46 bits per heavy atom. The van der Waals surface area contributed by atoms with E-state index in [1.54, 1.807) is 0 Å². The van der Waals surface area contributed by atoms with Crippen LogP contribution in [0.15, 0.2) is 5.16 Å². The highest BCUT2D eigenvalue weighted by Crippen LogP contribution is 2.18. The first-order valence-corrected chi connectivity index (χ1v) is 5.34. The fourth-order valence-electron chi connectivity index (χ4n) is 0.487. The van der Waals surface area contributed by atoms with Crippen molar-refractivity contribution in [1.29, 1.82) is 0 Å². The van der Waals surface area contributed by atoms with Gasteiger partial charge in [0, 0.05) is 28.7 Å². The number of hydrogen-bond acceptors (Lipinski definition) is 5. The minimum absolute atomic E-state index is 0.0224. The summed E-state index contributed by atoms with van der Waals surface area (Å²) in [7, 11) is 0. The van der Waals surface area contributed by atoms with E-state index in [4.69, 9.17) is 5.73 Å². The number of thioether (sulfide) groups is 1. The molecule has 70 valence electrons. The first-order valence-electron chi connectivity index (χ1n) is 3.75. The van der Waals surface area contributed by atoms with E-state index in [1.165, 1.54) is 23.3 Å². The Balaban J connectivity index is 2.55. The van der Waals surface area contributed by atoms with Crippen molar-refractivity contribution in [1.82, 2.24) is 9.36 Å². The Morgan fingerprint density at radius 2 is 2.15 bits per heavy atom. The zero-order chi connectivity index (χ0) is 9.90. The van der Waals surface area contributed by atoms with Crippen LogP contribution >= 0.6 is 23.3 Å². The predicted octanol–water partition coefficient (Wildman–Crippen LogP) is 2.22. The highest BCUT2D eigenvalue weighted by molar-refractivity contribution is 8.03. The molecule has 1 heterocycles. The van der Waals surface area contributed by atoms with Crippen LogP contribution in [-0.4, -0.2) is 9.36 Å². The number of rotatable bonds is 1. The Hall–Kier alpha value is -0.730. The maximum Gasteiger partial charge on any atom is 0.214 e. The average Bonchev–Trinajstić information content (AvgIpc) is 2.33. The summed E-state index contributed by atoms with van der Waals surface area (Å²) in [5.41, 5.74) is 5.44. The van der Waals surface area contributed by atoms with E-state index in [1.807, 2.05) is 0 Å². The lowest BCUT2D eigenvalue weighted by molar-refractivity contribution is 0.571. The van der Waals surface area contributed by atoms with E-state index in [0.29, 0.717) is 10.3 Å². The topological polar surface area (TPSA) is 51.8 Å². The van der Waals surface area contributed by atoms with Crippen molar-refractivity contribution >= 4 is 28.4 Å². The number of nitrogen functional groups attached to an aromatic ring is 1. The monoisotopic (exact) mass is 213 g/mol. The van der Waals surface area contributed by atoms with Crippen LogP contribution < -0.4 is 5.73 Å². The van der Waals surface area contributed by atoms with Crippen molar-refractivity contribution < 1.29 is 0 Å². The maximum atomic E-state index is 5.42. The largest absolute Gasteiger partial charge is 0.374 e. The summed E-state index contributed by atoms with van der Waals surface area (Å²) in [4.78, 5) is 3.98. The lowest BCUT2D eigenvalue weighted by Gasteiger charge is -2.05. The van der Waals surface area contributed by atoms with Crippen LogP contribution in [0.25, 0.3) is 0 Å². The normalized spacial score (nSPS) is 10.7. The fourth-order valence-corrected chi connectivity index (χ4v) is 1.74. The molecular weight excluding hydrogens is 202 g/mol. The standard InChI is InChI=1S/C8H11N3S2/c1-8(2,3)4-5-12-7-10-6(9)13-11-7/h1-3H3,(H2,9,10,11). The van der Waals surface area contributed by atoms with Gasteiger partial charge in [0.1, 0.15) is 0 Å². The first kappa shape index (κ1) is 10.4. The van der Waals surface area contributed by atoms with Crippen molar-refractivity contribution in [2.45, 2.75) is 25.9 Å². The second kappa shape index (κ2) is 3.99. The third kappa shape index (κ3) is 4.15. The minimum Gasteiger partial charge on any atom is -0.374 e. The van der Waals surface area contributed by atoms with Gasteiger partial charge in [-0.3, -0.25) is 0 Å². The Morgan fingerprint density at radius 3 is 2.62 bits per heavy atom. The van der Waals surface area contributed by atoms with E-state index in [9.17, 15) is 0 Å². The Bertz CT molecular complexity index is 340. The first-order chi connectivity index (χ1) is 5.97. The Labute approximate surface area is 86.3 Å². The van der Waals surface area contributed by atoms with Gasteiger partial charge in [-0.1, -0.05) is 5.92 Å². The molecule has 0 aromatic carbocycles. The summed E-state index contributed by atoms with van der Waals surface area (Å²) in [6.45, 7) is 6.18. The van der Waals surface area contributed by atoms with Crippen LogP contribution in [0.4, 0.5) is 5.13 Å². The molecule has 0 unspecified atom stereocenters. The van der Waals surface area contributed by atoms with E-state index < -0.39 is 0 Å². The SMILES string of the molecule is CC(C)(C)C#CSc1nsc(N)n1. The molecule has 0 bridgehead atoms. The van der Waals surface area contributed by atoms with Crippen molar-refractivity contribution in [2.24, 2.45) is 5.41 Å². The summed E-state index contributed by atoms with van der Waals surface area (Å²) < 4.78 is 4.00. The van der Waals surface area contributed by atoms with Crippen LogP contribution in [0, 0.1) is 16.6 Å². The summed E-state index contributed by atoms with van der Waals surface area (Å²) in [6.07, 6.45) is 0. The van der Waals surface area contributed by atoms with Crippen LogP contribution in [0.1, 0.15) is 20.8 Å². The van der Waals surface area contributed by atoms with Gasteiger partial charge in [0.2, 0.25) is 10.3 Å². The second-order valence-corrected chi connectivity index (χ2v) is 5.05. The van der Waals surface area contributed by atoms with Crippen LogP contribution in [-0.2, 0) is 0 Å². The highest BCUT2D eigenvalue weighted by atomic mass is 32.2. The Kier molecular flexibility index (Phi) is 3.17. The third-order valence-electron chi connectivity index (χ3n) is 0.991. The molecule has 0 fully saturated rings. The molecule has 0 saturated heterocycles. The summed E-state index contributed by atoms with van der Waals surface area (Å²) in [5, 5.41) is 4.07. The molecule has 0 saturated carbocycles. The van der Waals surface area contributed by atoms with Gasteiger partial charge in [-0.2, -0.15) is 9.36 Å². The molecule has 0 aliphatic rings. The zero-order valence-electron chi connectivity index (χ0n) is 7.79. The van der Waals surface area contributed by atoms with Gasteiger partial charge in [-0.05, 0) is 26.0 Å². The smallest absolute Gasteiger partial charge is 0.214 e. The minimum atomic E-state index is 0.0224. The van der Waals surface area contributed by atoms with Gasteiger partial charge >= 0.3 is 0 Å². The number of aromatic nitrogens is 2. The number of nitrogens with zero attached hydrogens (tertiary/aromatic N) is 2. The summed E-state index contributed by atoms with van der Waals surface area (Å²) >= 11 is 2.51. The number of nitrogens with two attached hydrogens (primary N) is 1. The van der Waals surface area contributed by atoms with Crippen molar-refractivity contribution in [3.05, 3.63) is 0 Å². The van der Waals surface area contributed by atoms with Gasteiger partial charge < -0.3 is 5.73 Å². The van der Waals surface area contributed by atoms with Gasteiger partial charge in [-0.25, -0.2) is 0 Å². The van der Waals surface area contributed by atoms with Gasteiger partial charge in [0.15, 0.2) is 0 Å². The molecule has 2 N–H and O–H groups in total. The van der Waals surface area contributed by atoms with Crippen molar-refractivity contribution in [3.63, 3.8) is 0 Å². The van der Waals surface area contributed by atoms with E-state index in [0.717, 1.165) is 0 Å². The highest BCUT2D eigenvalue weighted by Gasteiger charge is 2.04. The molecule has 0 amide bonds. The zero-order valence-corrected chi connectivity index (χ0v) is 9.42. The molecule has 0 spiro atoms. The molecule has 5 heteroatoms. The van der Waals surface area contributed by atoms with Gasteiger partial charge in [0.05, 0.1) is 0 Å². The van der Waals surface area contributed by atoms with Crippen LogP contribution in [0.2, 0.25) is 0 Å². The van der Waals surface area contributed by atoms with E-state index in [-0.39, 0.29) is 5.41 Å². The molecule has 13 heavy (non-hydrogen) atoms. The molecule has 0 aliphatic heterocycles. The number of hydrogen-bond donors (Lipinski definition) is 1. The van der Waals surface area contributed by atoms with Crippen LogP contribution in [0.3, 0.4) is 0 Å². The van der Waals surface area contributed by atoms with E-state index in [2.05, 4.69) is 41.3 Å². The van der Waals surface area contributed by atoms with E-state index >= 15 is 0 Å². The molecule has 1 rings (SSSR count). The molecular formula is C8H11N3S2. The quantitative estimate of drug-likeness (QED) is 0.574. The van der Waals surface area contributed by atoms with Crippen LogP contribution in [0.5, 0.6) is 0 Å². The van der Waals surface area contributed by atoms with Crippen molar-refractivity contribution in [2.75, 3.05) is 5.73 Å². The number of anilines is 1. The predicted molar refractivity (Wildman–Crippen MR) is 57.4 cm³/mol. The molecule has 1 aromatic heterocycles.